The van der Waals surface area contributed by atoms with E-state index in [9.17, 15) is 0 Å². The molecule has 0 saturated heterocycles. The number of fused-ring (bicyclic) bond motifs is 11. The van der Waals surface area contributed by atoms with Crippen LogP contribution in [0.5, 0.6) is 0 Å². The van der Waals surface area contributed by atoms with Crippen LogP contribution in [0.4, 0.5) is 0 Å². The maximum atomic E-state index is 3.83. The molecule has 10 rings (SSSR count). The molecule has 0 bridgehead atoms. The Hall–Kier alpha value is -5.66. The van der Waals surface area contributed by atoms with Gasteiger partial charge in [0.25, 0.3) is 0 Å². The van der Waals surface area contributed by atoms with Crippen LogP contribution in [0.15, 0.2) is 146 Å². The maximum Gasteiger partial charge on any atom is 0.0477 e. The molecule has 0 atom stereocenters. The summed E-state index contributed by atoms with van der Waals surface area (Å²) in [5.41, 5.74) is 14.2. The highest BCUT2D eigenvalue weighted by Crippen LogP contribution is 2.61. The predicted molar refractivity (Wildman–Crippen MR) is 182 cm³/mol. The molecule has 0 aliphatic heterocycles. The smallest absolute Gasteiger partial charge is 0.0477 e. The van der Waals surface area contributed by atoms with Crippen LogP contribution in [0, 0.1) is 0 Å². The van der Waals surface area contributed by atoms with Gasteiger partial charge in [-0.1, -0.05) is 133 Å². The van der Waals surface area contributed by atoms with E-state index in [1.54, 1.807) is 0 Å². The van der Waals surface area contributed by atoms with Crippen molar-refractivity contribution in [1.29, 1.82) is 0 Å². The Morgan fingerprint density at radius 3 is 1.51 bits per heavy atom. The SMILES string of the molecule is c1ccc2[nH]c(C3=C4C(=C(c5cccc6ccccc56)c5c4ccc4ccccc54)c4ccc5ccccc5c43)cc2c1. The lowest BCUT2D eigenvalue weighted by atomic mass is 9.87. The van der Waals surface area contributed by atoms with E-state index in [4.69, 9.17) is 0 Å². The topological polar surface area (TPSA) is 15.8 Å². The Labute approximate surface area is 249 Å². The number of benzene rings is 7. The third-order valence-corrected chi connectivity index (χ3v) is 9.51. The molecule has 0 spiro atoms. The van der Waals surface area contributed by atoms with Crippen LogP contribution in [0.25, 0.3) is 65.5 Å². The minimum atomic E-state index is 1.16. The van der Waals surface area contributed by atoms with E-state index < -0.39 is 0 Å². The van der Waals surface area contributed by atoms with Crippen molar-refractivity contribution < 1.29 is 0 Å². The molecule has 0 fully saturated rings. The van der Waals surface area contributed by atoms with Gasteiger partial charge < -0.3 is 4.98 Å². The molecule has 0 saturated carbocycles. The van der Waals surface area contributed by atoms with Crippen molar-refractivity contribution in [3.63, 3.8) is 0 Å². The average molecular weight is 544 g/mol. The molecule has 8 aromatic rings. The third kappa shape index (κ3) is 3.06. The Kier molecular flexibility index (Phi) is 4.51. The molecule has 1 N–H and O–H groups in total. The molecule has 0 amide bonds. The number of aromatic nitrogens is 1. The molecule has 1 nitrogen and oxygen atoms in total. The molecule has 43 heavy (non-hydrogen) atoms. The molecule has 198 valence electrons. The molecule has 2 aliphatic rings. The predicted octanol–water partition coefficient (Wildman–Crippen LogP) is 10.9. The van der Waals surface area contributed by atoms with Crippen LogP contribution >= 0.6 is 0 Å². The van der Waals surface area contributed by atoms with Gasteiger partial charge in [-0.25, -0.2) is 0 Å². The van der Waals surface area contributed by atoms with Crippen molar-refractivity contribution in [1.82, 2.24) is 4.98 Å². The number of para-hydroxylation sites is 1. The normalized spacial score (nSPS) is 13.9. The molecule has 0 radical (unpaired) electrons. The second-order valence-electron chi connectivity index (χ2n) is 11.7. The first kappa shape index (κ1) is 23.0. The molecule has 2 aliphatic carbocycles. The number of H-pyrrole nitrogens is 1. The monoisotopic (exact) mass is 543 g/mol. The van der Waals surface area contributed by atoms with E-state index in [0.29, 0.717) is 0 Å². The zero-order valence-corrected chi connectivity index (χ0v) is 23.4. The summed E-state index contributed by atoms with van der Waals surface area (Å²) in [4.78, 5) is 3.83. The molecular weight excluding hydrogens is 518 g/mol. The van der Waals surface area contributed by atoms with Gasteiger partial charge in [-0.15, -0.1) is 0 Å². The fourth-order valence-electron chi connectivity index (χ4n) is 7.73. The van der Waals surface area contributed by atoms with E-state index in [2.05, 4.69) is 151 Å². The van der Waals surface area contributed by atoms with Gasteiger partial charge in [0.15, 0.2) is 0 Å². The van der Waals surface area contributed by atoms with Crippen molar-refractivity contribution in [2.75, 3.05) is 0 Å². The summed E-state index contributed by atoms with van der Waals surface area (Å²) in [5, 5.41) is 8.91. The van der Waals surface area contributed by atoms with Gasteiger partial charge in [-0.3, -0.25) is 0 Å². The highest BCUT2D eigenvalue weighted by molar-refractivity contribution is 6.39. The summed E-state index contributed by atoms with van der Waals surface area (Å²) < 4.78 is 0. The van der Waals surface area contributed by atoms with Crippen molar-refractivity contribution in [3.05, 3.63) is 179 Å². The van der Waals surface area contributed by atoms with E-state index in [1.807, 2.05) is 0 Å². The molecule has 0 unspecified atom stereocenters. The Morgan fingerprint density at radius 2 is 0.837 bits per heavy atom. The van der Waals surface area contributed by atoms with Crippen molar-refractivity contribution >= 4 is 65.5 Å². The Balaban J connectivity index is 1.45. The van der Waals surface area contributed by atoms with Crippen LogP contribution in [0.2, 0.25) is 0 Å². The van der Waals surface area contributed by atoms with Gasteiger partial charge >= 0.3 is 0 Å². The highest BCUT2D eigenvalue weighted by Gasteiger charge is 2.39. The lowest BCUT2D eigenvalue weighted by Crippen LogP contribution is -1.95. The van der Waals surface area contributed by atoms with Crippen LogP contribution in [0.3, 0.4) is 0 Å². The maximum absolute atomic E-state index is 3.83. The molecule has 7 aromatic carbocycles. The van der Waals surface area contributed by atoms with E-state index in [1.165, 1.54) is 93.5 Å². The number of allylic oxidation sites excluding steroid dienone is 2. The van der Waals surface area contributed by atoms with E-state index in [0.717, 1.165) is 5.52 Å². The molecule has 1 aromatic heterocycles. The van der Waals surface area contributed by atoms with E-state index >= 15 is 0 Å². The van der Waals surface area contributed by atoms with Gasteiger partial charge in [0.05, 0.1) is 0 Å². The minimum Gasteiger partial charge on any atom is -0.354 e. The molecule has 1 heteroatoms. The zero-order chi connectivity index (χ0) is 28.1. The largest absolute Gasteiger partial charge is 0.354 e. The Morgan fingerprint density at radius 1 is 0.326 bits per heavy atom. The summed E-state index contributed by atoms with van der Waals surface area (Å²) in [5.74, 6) is 0. The second-order valence-corrected chi connectivity index (χ2v) is 11.7. The van der Waals surface area contributed by atoms with Crippen LogP contribution in [0.1, 0.15) is 33.5 Å². The highest BCUT2D eigenvalue weighted by atomic mass is 14.7. The number of hydrogen-bond donors (Lipinski definition) is 1. The lowest BCUT2D eigenvalue weighted by Gasteiger charge is -2.16. The van der Waals surface area contributed by atoms with Gasteiger partial charge in [0.1, 0.15) is 0 Å². The molecule has 1 heterocycles. The van der Waals surface area contributed by atoms with Gasteiger partial charge in [-0.2, -0.15) is 0 Å². The third-order valence-electron chi connectivity index (χ3n) is 9.51. The first-order valence-corrected chi connectivity index (χ1v) is 15.0. The quantitative estimate of drug-likeness (QED) is 0.223. The lowest BCUT2D eigenvalue weighted by molar-refractivity contribution is 1.40. The van der Waals surface area contributed by atoms with Crippen molar-refractivity contribution in [3.8, 4) is 0 Å². The average Bonchev–Trinajstić information content (AvgIpc) is 3.74. The number of rotatable bonds is 2. The summed E-state index contributed by atoms with van der Waals surface area (Å²) >= 11 is 0. The number of aromatic amines is 1. The fourth-order valence-corrected chi connectivity index (χ4v) is 7.73. The van der Waals surface area contributed by atoms with Crippen LogP contribution < -0.4 is 0 Å². The summed E-state index contributed by atoms with van der Waals surface area (Å²) in [7, 11) is 0. The number of nitrogens with one attached hydrogen (secondary N) is 1. The molecular formula is C42H25N. The fraction of sp³-hybridized carbons (Fsp3) is 0. The van der Waals surface area contributed by atoms with Gasteiger partial charge in [0.2, 0.25) is 0 Å². The van der Waals surface area contributed by atoms with Crippen molar-refractivity contribution in [2.45, 2.75) is 0 Å². The van der Waals surface area contributed by atoms with E-state index in [-0.39, 0.29) is 0 Å². The van der Waals surface area contributed by atoms with Gasteiger partial charge in [0, 0.05) is 33.3 Å². The minimum absolute atomic E-state index is 1.16. The zero-order valence-electron chi connectivity index (χ0n) is 23.4. The first-order valence-electron chi connectivity index (χ1n) is 15.0. The standard InChI is InChI=1S/C42H25N/c1-5-15-29-25(10-1)14-9-18-32(29)39-37-30-16-6-2-11-26(30)20-22-33(37)41-40(39)34-23-21-27-12-3-7-17-31(27)38(34)42(41)36-24-28-13-4-8-19-35(28)43-36/h1-24,43H. The van der Waals surface area contributed by atoms with Crippen LogP contribution in [-0.2, 0) is 0 Å². The number of hydrogen-bond acceptors (Lipinski definition) is 0. The first-order chi connectivity index (χ1) is 21.3. The van der Waals surface area contributed by atoms with Gasteiger partial charge in [-0.05, 0) is 77.9 Å². The summed E-state index contributed by atoms with van der Waals surface area (Å²) in [6.45, 7) is 0. The Bertz CT molecular complexity index is 2510. The van der Waals surface area contributed by atoms with Crippen molar-refractivity contribution in [2.24, 2.45) is 0 Å². The summed E-state index contributed by atoms with van der Waals surface area (Å²) in [6, 6.07) is 53.5. The second kappa shape index (κ2) is 8.44. The summed E-state index contributed by atoms with van der Waals surface area (Å²) in [6.07, 6.45) is 0. The van der Waals surface area contributed by atoms with Crippen LogP contribution in [-0.4, -0.2) is 4.98 Å².